The lowest BCUT2D eigenvalue weighted by Gasteiger charge is -2.56. The van der Waals surface area contributed by atoms with E-state index >= 15 is 0 Å². The van der Waals surface area contributed by atoms with Gasteiger partial charge in [-0.25, -0.2) is 0 Å². The number of piperidine rings is 3. The summed E-state index contributed by atoms with van der Waals surface area (Å²) in [6, 6.07) is 7.73. The van der Waals surface area contributed by atoms with E-state index in [0.29, 0.717) is 48.3 Å². The van der Waals surface area contributed by atoms with Crippen molar-refractivity contribution in [3.8, 4) is 0 Å². The summed E-state index contributed by atoms with van der Waals surface area (Å²) in [6.07, 6.45) is 5.78. The van der Waals surface area contributed by atoms with Crippen molar-refractivity contribution in [3.63, 3.8) is 0 Å². The highest BCUT2D eigenvalue weighted by Crippen LogP contribution is 2.43. The molecule has 2 bridgehead atoms. The molecule has 1 aromatic carbocycles. The number of likely N-dealkylation sites (tertiary alicyclic amines) is 1. The number of aromatic amines is 1. The van der Waals surface area contributed by atoms with E-state index in [1.807, 2.05) is 30.0 Å². The minimum atomic E-state index is -0.246. The fourth-order valence-electron chi connectivity index (χ4n) is 6.32. The first-order valence-electron chi connectivity index (χ1n) is 11.7. The number of benzene rings is 1. The van der Waals surface area contributed by atoms with Gasteiger partial charge < -0.3 is 14.8 Å². The molecule has 3 saturated heterocycles. The number of pyridine rings is 1. The van der Waals surface area contributed by atoms with Gasteiger partial charge in [0.2, 0.25) is 11.5 Å². The van der Waals surface area contributed by atoms with Crippen LogP contribution in [-0.2, 0) is 4.79 Å². The molecule has 6 nitrogen and oxygen atoms in total. The van der Waals surface area contributed by atoms with E-state index < -0.39 is 0 Å². The van der Waals surface area contributed by atoms with Crippen LogP contribution >= 0.6 is 0 Å². The van der Waals surface area contributed by atoms with Gasteiger partial charge in [0.15, 0.2) is 0 Å². The number of hydrogen-bond acceptors (Lipinski definition) is 3. The zero-order valence-electron chi connectivity index (χ0n) is 18.4. The van der Waals surface area contributed by atoms with Gasteiger partial charge in [0, 0.05) is 48.6 Å². The van der Waals surface area contributed by atoms with Gasteiger partial charge in [-0.1, -0.05) is 25.0 Å². The molecule has 4 heterocycles. The molecule has 0 aliphatic carbocycles. The van der Waals surface area contributed by atoms with Crippen LogP contribution in [0.4, 0.5) is 0 Å². The number of aryl methyl sites for hydroxylation is 1. The molecule has 5 rings (SSSR count). The van der Waals surface area contributed by atoms with Crippen LogP contribution in [0.2, 0.25) is 0 Å². The zero-order valence-corrected chi connectivity index (χ0v) is 18.4. The molecular weight excluding hydrogens is 390 g/mol. The fraction of sp³-hybridized carbons (Fsp3) is 0.560. The average Bonchev–Trinajstić information content (AvgIpc) is 2.76. The summed E-state index contributed by atoms with van der Waals surface area (Å²) < 4.78 is 0. The van der Waals surface area contributed by atoms with Crippen LogP contribution in [0.5, 0.6) is 0 Å². The second kappa shape index (κ2) is 7.81. The van der Waals surface area contributed by atoms with Gasteiger partial charge in [-0.2, -0.15) is 0 Å². The minimum absolute atomic E-state index is 0.0535. The molecule has 3 aliphatic heterocycles. The first kappa shape index (κ1) is 20.3. The molecular formula is C25H31N3O3. The number of carbonyl (C=O) groups is 2. The number of amides is 2. The van der Waals surface area contributed by atoms with E-state index in [0.717, 1.165) is 43.1 Å². The Balaban J connectivity index is 1.50. The van der Waals surface area contributed by atoms with Gasteiger partial charge >= 0.3 is 0 Å². The third-order valence-corrected chi connectivity index (χ3v) is 7.60. The maximum absolute atomic E-state index is 13.7. The van der Waals surface area contributed by atoms with E-state index in [1.165, 1.54) is 6.07 Å². The Morgan fingerprint density at radius 2 is 1.97 bits per heavy atom. The Morgan fingerprint density at radius 3 is 2.77 bits per heavy atom. The predicted molar refractivity (Wildman–Crippen MR) is 120 cm³/mol. The van der Waals surface area contributed by atoms with Gasteiger partial charge in [0.1, 0.15) is 0 Å². The van der Waals surface area contributed by atoms with Crippen LogP contribution in [-0.4, -0.2) is 51.8 Å². The Bertz CT molecular complexity index is 1090. The summed E-state index contributed by atoms with van der Waals surface area (Å²) in [6.45, 7) is 5.50. The van der Waals surface area contributed by atoms with Gasteiger partial charge in [0.25, 0.3) is 5.91 Å². The molecule has 1 aromatic heterocycles. The number of hydrogen-bond donors (Lipinski definition) is 1. The number of H-pyrrole nitrogens is 1. The van der Waals surface area contributed by atoms with Crippen LogP contribution in [0.15, 0.2) is 29.1 Å². The summed E-state index contributed by atoms with van der Waals surface area (Å²) in [7, 11) is 0. The summed E-state index contributed by atoms with van der Waals surface area (Å²) in [5.41, 5.74) is 2.01. The number of rotatable bonds is 3. The van der Waals surface area contributed by atoms with E-state index in [4.69, 9.17) is 0 Å². The topological polar surface area (TPSA) is 73.5 Å². The molecule has 0 spiro atoms. The molecule has 1 N–H and O–H groups in total. The Labute approximate surface area is 182 Å². The number of aromatic nitrogens is 1. The van der Waals surface area contributed by atoms with Crippen molar-refractivity contribution in [3.05, 3.63) is 45.7 Å². The summed E-state index contributed by atoms with van der Waals surface area (Å²) in [5, 5.41) is 0.805. The monoisotopic (exact) mass is 421 g/mol. The third-order valence-electron chi connectivity index (χ3n) is 7.60. The predicted octanol–water partition coefficient (Wildman–Crippen LogP) is 3.48. The van der Waals surface area contributed by atoms with Crippen molar-refractivity contribution >= 4 is 22.7 Å². The van der Waals surface area contributed by atoms with Crippen molar-refractivity contribution in [2.24, 2.45) is 11.8 Å². The van der Waals surface area contributed by atoms with Crippen LogP contribution in [0, 0.1) is 18.8 Å². The second-order valence-electron chi connectivity index (χ2n) is 9.68. The standard InChI is InChI=1S/C25H31N3O3/c1-3-5-21-16-11-17(22-6-4-7-24(30)28(21)22)14-27(13-16)25(31)19-12-23(29)26-20-9-8-15(2)10-18(19)20/h8-10,12,16-17,21-22H,3-7,11,13-14H2,1-2H3,(H,26,29)/t16-,17+,21-,22-/m0/s1. The van der Waals surface area contributed by atoms with Crippen LogP contribution < -0.4 is 5.56 Å². The largest absolute Gasteiger partial charge is 0.338 e. The summed E-state index contributed by atoms with van der Waals surface area (Å²) >= 11 is 0. The Kier molecular flexibility index (Phi) is 5.11. The maximum Gasteiger partial charge on any atom is 0.254 e. The second-order valence-corrected chi connectivity index (χ2v) is 9.68. The van der Waals surface area contributed by atoms with E-state index in [-0.39, 0.29) is 23.6 Å². The Hall–Kier alpha value is -2.63. The SMILES string of the molecule is CCC[C@H]1[C@H]2C[C@H](CN(C(=O)c3cc(=O)[nH]c4ccc(C)cc34)C2)[C@@H]2CCCC(=O)N21. The lowest BCUT2D eigenvalue weighted by Crippen LogP contribution is -2.65. The quantitative estimate of drug-likeness (QED) is 0.825. The first-order valence-corrected chi connectivity index (χ1v) is 11.7. The van der Waals surface area contributed by atoms with Crippen molar-refractivity contribution in [1.29, 1.82) is 0 Å². The van der Waals surface area contributed by atoms with Crippen LogP contribution in [0.25, 0.3) is 10.9 Å². The third kappa shape index (κ3) is 3.46. The molecule has 0 saturated carbocycles. The zero-order chi connectivity index (χ0) is 21.7. The van der Waals surface area contributed by atoms with E-state index in [1.54, 1.807) is 0 Å². The molecule has 2 amide bonds. The Morgan fingerprint density at radius 1 is 1.16 bits per heavy atom. The fourth-order valence-corrected chi connectivity index (χ4v) is 6.32. The van der Waals surface area contributed by atoms with E-state index in [9.17, 15) is 14.4 Å². The van der Waals surface area contributed by atoms with Crippen molar-refractivity contribution in [2.75, 3.05) is 13.1 Å². The molecule has 0 radical (unpaired) electrons. The van der Waals surface area contributed by atoms with Crippen molar-refractivity contribution in [2.45, 2.75) is 64.5 Å². The highest BCUT2D eigenvalue weighted by atomic mass is 16.2. The van der Waals surface area contributed by atoms with Gasteiger partial charge in [0.05, 0.1) is 5.56 Å². The average molecular weight is 422 g/mol. The van der Waals surface area contributed by atoms with Gasteiger partial charge in [-0.05, 0) is 56.6 Å². The van der Waals surface area contributed by atoms with Gasteiger partial charge in [-0.3, -0.25) is 14.4 Å². The van der Waals surface area contributed by atoms with Crippen LogP contribution in [0.3, 0.4) is 0 Å². The molecule has 6 heteroatoms. The number of carbonyl (C=O) groups excluding carboxylic acids is 2. The van der Waals surface area contributed by atoms with Crippen molar-refractivity contribution < 1.29 is 9.59 Å². The van der Waals surface area contributed by atoms with E-state index in [2.05, 4.69) is 16.8 Å². The van der Waals surface area contributed by atoms with Crippen LogP contribution in [0.1, 0.15) is 61.4 Å². The molecule has 164 valence electrons. The molecule has 31 heavy (non-hydrogen) atoms. The van der Waals surface area contributed by atoms with Crippen molar-refractivity contribution in [1.82, 2.24) is 14.8 Å². The maximum atomic E-state index is 13.7. The molecule has 2 aromatic rings. The summed E-state index contributed by atoms with van der Waals surface area (Å²) in [4.78, 5) is 45.8. The molecule has 4 atom stereocenters. The lowest BCUT2D eigenvalue weighted by molar-refractivity contribution is -0.152. The normalized spacial score (nSPS) is 28.0. The lowest BCUT2D eigenvalue weighted by atomic mass is 9.71. The van der Waals surface area contributed by atoms with Gasteiger partial charge in [-0.15, -0.1) is 0 Å². The number of fused-ring (bicyclic) bond motifs is 5. The molecule has 3 fully saturated rings. The highest BCUT2D eigenvalue weighted by molar-refractivity contribution is 6.06. The highest BCUT2D eigenvalue weighted by Gasteiger charge is 2.49. The smallest absolute Gasteiger partial charge is 0.254 e. The molecule has 3 aliphatic rings. The first-order chi connectivity index (χ1) is 15.0. The number of nitrogens with zero attached hydrogens (tertiary/aromatic N) is 2. The minimum Gasteiger partial charge on any atom is -0.338 e. The molecule has 0 unspecified atom stereocenters. The summed E-state index contributed by atoms with van der Waals surface area (Å²) in [5.74, 6) is 0.897. The number of nitrogens with one attached hydrogen (secondary N) is 1.